The van der Waals surface area contributed by atoms with Gasteiger partial charge in [-0.1, -0.05) is 11.6 Å². The number of imidazole rings is 1. The lowest BCUT2D eigenvalue weighted by Crippen LogP contribution is -2.49. The Labute approximate surface area is 107 Å². The monoisotopic (exact) mass is 270 g/mol. The molecule has 0 amide bonds. The van der Waals surface area contributed by atoms with Gasteiger partial charge in [0.2, 0.25) is 0 Å². The van der Waals surface area contributed by atoms with Crippen molar-refractivity contribution in [3.8, 4) is 0 Å². The van der Waals surface area contributed by atoms with E-state index >= 15 is 0 Å². The Hall–Kier alpha value is -1.28. The van der Waals surface area contributed by atoms with Crippen molar-refractivity contribution < 1.29 is 14.9 Å². The second kappa shape index (κ2) is 4.43. The number of rotatable bonds is 3. The van der Waals surface area contributed by atoms with Crippen LogP contribution in [0.25, 0.3) is 11.2 Å². The molecule has 0 bridgehead atoms. The highest BCUT2D eigenvalue weighted by atomic mass is 35.5. The zero-order chi connectivity index (χ0) is 12.7. The van der Waals surface area contributed by atoms with E-state index in [1.165, 1.54) is 6.33 Å². The molecule has 1 fully saturated rings. The fourth-order valence-corrected chi connectivity index (χ4v) is 2.32. The fraction of sp³-hybridized carbons (Fsp3) is 0.500. The number of aromatic nitrogens is 4. The van der Waals surface area contributed by atoms with E-state index in [9.17, 15) is 5.11 Å². The number of halogens is 1. The van der Waals surface area contributed by atoms with Gasteiger partial charge < -0.3 is 14.9 Å². The third-order valence-electron chi connectivity index (χ3n) is 3.14. The second-order valence-electron chi connectivity index (χ2n) is 4.08. The Morgan fingerprint density at radius 2 is 2.11 bits per heavy atom. The van der Waals surface area contributed by atoms with E-state index in [1.807, 2.05) is 0 Å². The van der Waals surface area contributed by atoms with Crippen LogP contribution < -0.4 is 0 Å². The number of aliphatic hydroxyl groups is 2. The van der Waals surface area contributed by atoms with Crippen molar-refractivity contribution in [1.29, 1.82) is 0 Å². The largest absolute Gasteiger partial charge is 0.396 e. The summed E-state index contributed by atoms with van der Waals surface area (Å²) in [5.41, 5.74) is 1.04. The van der Waals surface area contributed by atoms with Crippen molar-refractivity contribution in [2.45, 2.75) is 12.3 Å². The predicted molar refractivity (Wildman–Crippen MR) is 61.9 cm³/mol. The van der Waals surface area contributed by atoms with Gasteiger partial charge in [0, 0.05) is 0 Å². The molecule has 3 heterocycles. The van der Waals surface area contributed by atoms with Crippen LogP contribution in [0.2, 0.25) is 5.15 Å². The first-order valence-electron chi connectivity index (χ1n) is 5.46. The first-order chi connectivity index (χ1) is 8.76. The molecule has 1 aliphatic heterocycles. The summed E-state index contributed by atoms with van der Waals surface area (Å²) in [6, 6.07) is 0. The molecule has 7 nitrogen and oxygen atoms in total. The molecule has 2 N–H and O–H groups in total. The number of hydrogen-bond acceptors (Lipinski definition) is 6. The Morgan fingerprint density at radius 1 is 1.28 bits per heavy atom. The van der Waals surface area contributed by atoms with E-state index in [-0.39, 0.29) is 36.6 Å². The van der Waals surface area contributed by atoms with Crippen LogP contribution in [0.1, 0.15) is 6.23 Å². The maximum absolute atomic E-state index is 9.30. The summed E-state index contributed by atoms with van der Waals surface area (Å²) >= 11 is 5.91. The first kappa shape index (κ1) is 11.8. The number of ether oxygens (including phenoxy) is 1. The molecular weight excluding hydrogens is 260 g/mol. The van der Waals surface area contributed by atoms with Crippen molar-refractivity contribution >= 4 is 22.8 Å². The van der Waals surface area contributed by atoms with Crippen LogP contribution in [0.15, 0.2) is 12.7 Å². The molecule has 8 heteroatoms. The van der Waals surface area contributed by atoms with Crippen LogP contribution in [-0.4, -0.2) is 49.0 Å². The van der Waals surface area contributed by atoms with Crippen molar-refractivity contribution in [3.63, 3.8) is 0 Å². The van der Waals surface area contributed by atoms with Crippen LogP contribution in [0.5, 0.6) is 0 Å². The van der Waals surface area contributed by atoms with Crippen LogP contribution >= 0.6 is 11.6 Å². The van der Waals surface area contributed by atoms with Gasteiger partial charge in [-0.25, -0.2) is 15.0 Å². The summed E-state index contributed by atoms with van der Waals surface area (Å²) < 4.78 is 7.18. The average Bonchev–Trinajstić information content (AvgIpc) is 2.75. The molecular formula is C10H11ClN4O3. The zero-order valence-electron chi connectivity index (χ0n) is 9.27. The molecule has 0 aromatic carbocycles. The number of nitrogens with zero attached hydrogens (tertiary/aromatic N) is 4. The number of aliphatic hydroxyl groups excluding tert-OH is 2. The molecule has 2 aromatic heterocycles. The van der Waals surface area contributed by atoms with E-state index in [2.05, 4.69) is 15.0 Å². The molecule has 3 atom stereocenters. The molecule has 1 saturated heterocycles. The van der Waals surface area contributed by atoms with Gasteiger partial charge in [0.25, 0.3) is 0 Å². The zero-order valence-corrected chi connectivity index (χ0v) is 10.0. The maximum Gasteiger partial charge on any atom is 0.166 e. The quantitative estimate of drug-likeness (QED) is 0.761. The van der Waals surface area contributed by atoms with Gasteiger partial charge in [0.15, 0.2) is 10.8 Å². The normalized spacial score (nSPS) is 27.4. The van der Waals surface area contributed by atoms with Gasteiger partial charge in [0.05, 0.1) is 31.6 Å². The van der Waals surface area contributed by atoms with E-state index in [0.717, 1.165) is 0 Å². The lowest BCUT2D eigenvalue weighted by molar-refractivity contribution is -0.243. The third kappa shape index (κ3) is 1.59. The van der Waals surface area contributed by atoms with Crippen LogP contribution in [0, 0.1) is 5.92 Å². The van der Waals surface area contributed by atoms with E-state index < -0.39 is 0 Å². The molecule has 0 saturated carbocycles. The van der Waals surface area contributed by atoms with E-state index in [1.54, 1.807) is 10.9 Å². The topological polar surface area (TPSA) is 93.3 Å². The molecule has 3 rings (SSSR count). The number of hydrogen-bond donors (Lipinski definition) is 2. The highest BCUT2D eigenvalue weighted by molar-refractivity contribution is 6.33. The van der Waals surface area contributed by atoms with Crippen molar-refractivity contribution in [2.75, 3.05) is 13.2 Å². The lowest BCUT2D eigenvalue weighted by Gasteiger charge is -2.43. The second-order valence-corrected chi connectivity index (χ2v) is 4.44. The van der Waals surface area contributed by atoms with Crippen molar-refractivity contribution in [3.05, 3.63) is 17.8 Å². The SMILES string of the molecule is OC[C@H]1[C@H](n2cnc3c(Cl)ncnc32)O[C@@H]1CO. The summed E-state index contributed by atoms with van der Waals surface area (Å²) in [4.78, 5) is 12.1. The third-order valence-corrected chi connectivity index (χ3v) is 3.41. The minimum absolute atomic E-state index is 0.0750. The molecule has 2 aromatic rings. The van der Waals surface area contributed by atoms with Gasteiger partial charge in [-0.05, 0) is 0 Å². The van der Waals surface area contributed by atoms with Gasteiger partial charge >= 0.3 is 0 Å². The number of fused-ring (bicyclic) bond motifs is 1. The molecule has 0 aliphatic carbocycles. The van der Waals surface area contributed by atoms with Crippen LogP contribution in [0.4, 0.5) is 0 Å². The molecule has 96 valence electrons. The molecule has 0 spiro atoms. The standard InChI is InChI=1S/C10H11ClN4O3/c11-8-7-9(13-3-12-8)15(4-14-7)10-5(1-16)6(2-17)18-10/h3-6,10,16-17H,1-2H2/t5-,6-,10-/m1/s1. The van der Waals surface area contributed by atoms with Crippen LogP contribution in [0.3, 0.4) is 0 Å². The summed E-state index contributed by atoms with van der Waals surface area (Å²) in [7, 11) is 0. The highest BCUT2D eigenvalue weighted by Gasteiger charge is 2.43. The van der Waals surface area contributed by atoms with Crippen molar-refractivity contribution in [2.24, 2.45) is 5.92 Å². The van der Waals surface area contributed by atoms with Gasteiger partial charge in [-0.15, -0.1) is 0 Å². The van der Waals surface area contributed by atoms with Gasteiger partial charge in [0.1, 0.15) is 18.1 Å². The summed E-state index contributed by atoms with van der Waals surface area (Å²) in [5.74, 6) is -0.179. The molecule has 0 unspecified atom stereocenters. The fourth-order valence-electron chi connectivity index (χ4n) is 2.14. The highest BCUT2D eigenvalue weighted by Crippen LogP contribution is 2.38. The minimum Gasteiger partial charge on any atom is -0.396 e. The summed E-state index contributed by atoms with van der Waals surface area (Å²) in [6.45, 7) is -0.196. The molecule has 1 aliphatic rings. The lowest BCUT2D eigenvalue weighted by atomic mass is 9.95. The van der Waals surface area contributed by atoms with Crippen LogP contribution in [-0.2, 0) is 4.74 Å². The maximum atomic E-state index is 9.30. The summed E-state index contributed by atoms with van der Waals surface area (Å²) in [6.07, 6.45) is 2.16. The Morgan fingerprint density at radius 3 is 2.83 bits per heavy atom. The molecule has 18 heavy (non-hydrogen) atoms. The van der Waals surface area contributed by atoms with E-state index in [0.29, 0.717) is 11.2 Å². The minimum atomic E-state index is -0.386. The summed E-state index contributed by atoms with van der Waals surface area (Å²) in [5, 5.41) is 18.6. The first-order valence-corrected chi connectivity index (χ1v) is 5.84. The predicted octanol–water partition coefficient (Wildman–Crippen LogP) is -0.0221. The Kier molecular flexibility index (Phi) is 2.90. The Bertz CT molecular complexity index is 575. The molecule has 0 radical (unpaired) electrons. The average molecular weight is 271 g/mol. The smallest absolute Gasteiger partial charge is 0.166 e. The van der Waals surface area contributed by atoms with Gasteiger partial charge in [-0.2, -0.15) is 0 Å². The van der Waals surface area contributed by atoms with Crippen molar-refractivity contribution in [1.82, 2.24) is 19.5 Å². The van der Waals surface area contributed by atoms with Gasteiger partial charge in [-0.3, -0.25) is 4.57 Å². The Balaban J connectivity index is 1.99. The van der Waals surface area contributed by atoms with E-state index in [4.69, 9.17) is 21.4 Å².